The van der Waals surface area contributed by atoms with Gasteiger partial charge in [0.25, 0.3) is 0 Å². The number of aromatic amines is 1. The van der Waals surface area contributed by atoms with Gasteiger partial charge in [-0.15, -0.1) is 5.10 Å². The first-order chi connectivity index (χ1) is 9.30. The number of primary amides is 1. The second kappa shape index (κ2) is 6.94. The van der Waals surface area contributed by atoms with E-state index in [1.165, 1.54) is 11.8 Å². The molecule has 1 unspecified atom stereocenters. The maximum atomic E-state index is 11.6. The van der Waals surface area contributed by atoms with E-state index in [-0.39, 0.29) is 17.6 Å². The highest BCUT2D eigenvalue weighted by Crippen LogP contribution is 2.19. The highest BCUT2D eigenvalue weighted by molar-refractivity contribution is 7.99. The van der Waals surface area contributed by atoms with E-state index in [0.717, 1.165) is 0 Å². The van der Waals surface area contributed by atoms with Crippen LogP contribution in [-0.4, -0.2) is 38.0 Å². The van der Waals surface area contributed by atoms with Gasteiger partial charge in [0.2, 0.25) is 5.91 Å². The second-order valence-corrected chi connectivity index (χ2v) is 6.21. The number of nitrogens with one attached hydrogen (secondary N) is 2. The number of hydrogen-bond donors (Lipinski definition) is 3. The molecule has 0 aliphatic heterocycles. The molecule has 20 heavy (non-hydrogen) atoms. The summed E-state index contributed by atoms with van der Waals surface area (Å²) in [6.45, 7) is 8.19. The number of hydrogen-bond acceptors (Lipinski definition) is 5. The Labute approximate surface area is 122 Å². The largest absolute Gasteiger partial charge is 0.368 e. The summed E-state index contributed by atoms with van der Waals surface area (Å²) in [6, 6.07) is 0.164. The normalized spacial score (nSPS) is 14.4. The van der Waals surface area contributed by atoms with Gasteiger partial charge in [-0.3, -0.25) is 9.36 Å². The zero-order valence-corrected chi connectivity index (χ0v) is 13.2. The standard InChI is InChI=1S/C12H23N5O2S/c1-5-17-10(19)15-16-11(17)20-7-6-12(4,9(13)18)14-8(2)3/h8,14H,5-7H2,1-4H3,(H2,13,18)(H,15,19). The van der Waals surface area contributed by atoms with Crippen molar-refractivity contribution >= 4 is 17.7 Å². The second-order valence-electron chi connectivity index (χ2n) is 5.15. The van der Waals surface area contributed by atoms with E-state index in [1.54, 1.807) is 11.5 Å². The van der Waals surface area contributed by atoms with Crippen molar-refractivity contribution in [2.75, 3.05) is 5.75 Å². The molecule has 8 heteroatoms. The summed E-state index contributed by atoms with van der Waals surface area (Å²) in [6.07, 6.45) is 0.565. The van der Waals surface area contributed by atoms with Crippen molar-refractivity contribution in [3.63, 3.8) is 0 Å². The Bertz CT molecular complexity index is 510. The summed E-state index contributed by atoms with van der Waals surface area (Å²) >= 11 is 1.44. The van der Waals surface area contributed by atoms with Crippen molar-refractivity contribution < 1.29 is 4.79 Å². The molecule has 1 amide bonds. The van der Waals surface area contributed by atoms with Crippen molar-refractivity contribution in [3.05, 3.63) is 10.5 Å². The maximum Gasteiger partial charge on any atom is 0.343 e. The summed E-state index contributed by atoms with van der Waals surface area (Å²) in [5.74, 6) is 0.269. The van der Waals surface area contributed by atoms with Gasteiger partial charge in [0, 0.05) is 18.3 Å². The van der Waals surface area contributed by atoms with Crippen molar-refractivity contribution in [1.29, 1.82) is 0 Å². The first-order valence-corrected chi connectivity index (χ1v) is 7.64. The average Bonchev–Trinajstić information content (AvgIpc) is 2.68. The van der Waals surface area contributed by atoms with Crippen LogP contribution in [0.2, 0.25) is 0 Å². The van der Waals surface area contributed by atoms with Crippen LogP contribution in [0.3, 0.4) is 0 Å². The third kappa shape index (κ3) is 4.11. The van der Waals surface area contributed by atoms with Crippen LogP contribution in [0.15, 0.2) is 9.95 Å². The van der Waals surface area contributed by atoms with E-state index >= 15 is 0 Å². The van der Waals surface area contributed by atoms with Crippen molar-refractivity contribution in [2.24, 2.45) is 5.73 Å². The molecule has 1 aromatic rings. The lowest BCUT2D eigenvalue weighted by Crippen LogP contribution is -2.55. The predicted molar refractivity (Wildman–Crippen MR) is 79.7 cm³/mol. The third-order valence-electron chi connectivity index (χ3n) is 3.02. The smallest absolute Gasteiger partial charge is 0.343 e. The number of nitrogens with zero attached hydrogens (tertiary/aromatic N) is 2. The Morgan fingerprint density at radius 2 is 2.25 bits per heavy atom. The van der Waals surface area contributed by atoms with Gasteiger partial charge in [-0.05, 0) is 34.1 Å². The van der Waals surface area contributed by atoms with Gasteiger partial charge in [-0.25, -0.2) is 9.89 Å². The van der Waals surface area contributed by atoms with Crippen LogP contribution < -0.4 is 16.7 Å². The molecule has 0 fully saturated rings. The minimum atomic E-state index is -0.755. The minimum Gasteiger partial charge on any atom is -0.368 e. The Morgan fingerprint density at radius 1 is 1.60 bits per heavy atom. The van der Waals surface area contributed by atoms with Crippen molar-refractivity contribution in [1.82, 2.24) is 20.1 Å². The Kier molecular flexibility index (Phi) is 5.82. The topological polar surface area (TPSA) is 106 Å². The van der Waals surface area contributed by atoms with E-state index in [9.17, 15) is 9.59 Å². The molecule has 0 spiro atoms. The fourth-order valence-electron chi connectivity index (χ4n) is 1.94. The Balaban J connectivity index is 2.65. The molecule has 0 radical (unpaired) electrons. The van der Waals surface area contributed by atoms with Crippen molar-refractivity contribution in [3.8, 4) is 0 Å². The molecule has 0 bridgehead atoms. The van der Waals surface area contributed by atoms with Gasteiger partial charge in [0.15, 0.2) is 5.16 Å². The molecule has 0 aliphatic carbocycles. The van der Waals surface area contributed by atoms with E-state index in [1.807, 2.05) is 20.8 Å². The molecular weight excluding hydrogens is 278 g/mol. The number of thioether (sulfide) groups is 1. The lowest BCUT2D eigenvalue weighted by Gasteiger charge is -2.29. The molecule has 0 saturated heterocycles. The summed E-state index contributed by atoms with van der Waals surface area (Å²) in [5.41, 5.74) is 4.50. The summed E-state index contributed by atoms with van der Waals surface area (Å²) in [4.78, 5) is 23.0. The molecule has 1 atom stereocenters. The van der Waals surface area contributed by atoms with Crippen LogP contribution in [0.1, 0.15) is 34.1 Å². The molecule has 7 nitrogen and oxygen atoms in total. The zero-order valence-electron chi connectivity index (χ0n) is 12.4. The van der Waals surface area contributed by atoms with Crippen LogP contribution in [0, 0.1) is 0 Å². The van der Waals surface area contributed by atoms with Gasteiger partial charge >= 0.3 is 5.69 Å². The fraction of sp³-hybridized carbons (Fsp3) is 0.750. The summed E-state index contributed by atoms with van der Waals surface area (Å²) < 4.78 is 1.56. The van der Waals surface area contributed by atoms with Gasteiger partial charge in [-0.1, -0.05) is 11.8 Å². The van der Waals surface area contributed by atoms with E-state index in [0.29, 0.717) is 23.9 Å². The van der Waals surface area contributed by atoms with Crippen LogP contribution in [-0.2, 0) is 11.3 Å². The molecular formula is C12H23N5O2S. The highest BCUT2D eigenvalue weighted by Gasteiger charge is 2.31. The SMILES string of the molecule is CCn1c(SCCC(C)(NC(C)C)C(N)=O)n[nH]c1=O. The lowest BCUT2D eigenvalue weighted by molar-refractivity contribution is -0.124. The molecule has 0 aliphatic rings. The summed E-state index contributed by atoms with van der Waals surface area (Å²) in [7, 11) is 0. The molecule has 0 aromatic carbocycles. The monoisotopic (exact) mass is 301 g/mol. The van der Waals surface area contributed by atoms with Crippen LogP contribution >= 0.6 is 11.8 Å². The number of carbonyl (C=O) groups excluding carboxylic acids is 1. The lowest BCUT2D eigenvalue weighted by atomic mass is 9.97. The van der Waals surface area contributed by atoms with Crippen LogP contribution in [0.5, 0.6) is 0 Å². The van der Waals surface area contributed by atoms with E-state index < -0.39 is 5.54 Å². The maximum absolute atomic E-state index is 11.6. The van der Waals surface area contributed by atoms with E-state index in [2.05, 4.69) is 15.5 Å². The van der Waals surface area contributed by atoms with Crippen LogP contribution in [0.4, 0.5) is 0 Å². The molecule has 1 rings (SSSR count). The minimum absolute atomic E-state index is 0.164. The number of nitrogens with two attached hydrogens (primary N) is 1. The molecule has 114 valence electrons. The fourth-order valence-corrected chi connectivity index (χ4v) is 3.11. The average molecular weight is 301 g/mol. The molecule has 0 saturated carbocycles. The van der Waals surface area contributed by atoms with E-state index in [4.69, 9.17) is 5.73 Å². The molecule has 1 aromatic heterocycles. The zero-order chi connectivity index (χ0) is 15.3. The Morgan fingerprint density at radius 3 is 2.75 bits per heavy atom. The quantitative estimate of drug-likeness (QED) is 0.599. The number of amides is 1. The van der Waals surface area contributed by atoms with Crippen LogP contribution in [0.25, 0.3) is 0 Å². The molecule has 1 heterocycles. The number of carbonyl (C=O) groups is 1. The molecule has 4 N–H and O–H groups in total. The van der Waals surface area contributed by atoms with Gasteiger partial charge in [0.1, 0.15) is 0 Å². The third-order valence-corrected chi connectivity index (χ3v) is 4.00. The summed E-state index contributed by atoms with van der Waals surface area (Å²) in [5, 5.41) is 10.2. The van der Waals surface area contributed by atoms with Gasteiger partial charge in [0.05, 0.1) is 5.54 Å². The van der Waals surface area contributed by atoms with Gasteiger partial charge < -0.3 is 11.1 Å². The van der Waals surface area contributed by atoms with Crippen molar-refractivity contribution in [2.45, 2.75) is 57.4 Å². The number of aromatic nitrogens is 3. The Hall–Kier alpha value is -1.28. The van der Waals surface area contributed by atoms with Gasteiger partial charge in [-0.2, -0.15) is 0 Å². The highest BCUT2D eigenvalue weighted by atomic mass is 32.2. The first-order valence-electron chi connectivity index (χ1n) is 6.65. The predicted octanol–water partition coefficient (Wildman–Crippen LogP) is 0.316. The number of rotatable bonds is 8. The first kappa shape index (κ1) is 16.8. The number of H-pyrrole nitrogens is 1.